The van der Waals surface area contributed by atoms with E-state index < -0.39 is 5.97 Å². The minimum Gasteiger partial charge on any atom is -0.478 e. The van der Waals surface area contributed by atoms with Crippen LogP contribution in [0.2, 0.25) is 0 Å². The maximum Gasteiger partial charge on any atom is 0.335 e. The zero-order valence-corrected chi connectivity index (χ0v) is 14.6. The van der Waals surface area contributed by atoms with Gasteiger partial charge in [-0.3, -0.25) is 0 Å². The van der Waals surface area contributed by atoms with Gasteiger partial charge in [-0.25, -0.2) is 4.79 Å². The van der Waals surface area contributed by atoms with Gasteiger partial charge in [0.1, 0.15) is 0 Å². The van der Waals surface area contributed by atoms with E-state index in [-0.39, 0.29) is 0 Å². The van der Waals surface area contributed by atoms with Gasteiger partial charge in [0, 0.05) is 0 Å². The molecule has 22 heavy (non-hydrogen) atoms. The maximum absolute atomic E-state index is 11.0. The highest BCUT2D eigenvalue weighted by molar-refractivity contribution is 5.88. The summed E-state index contributed by atoms with van der Waals surface area (Å²) in [4.78, 5) is 11.0. The Morgan fingerprint density at radius 3 is 1.86 bits per heavy atom. The Morgan fingerprint density at radius 2 is 1.36 bits per heavy atom. The van der Waals surface area contributed by atoms with Crippen molar-refractivity contribution >= 4 is 5.97 Å². The molecule has 2 nitrogen and oxygen atoms in total. The Morgan fingerprint density at radius 1 is 0.818 bits per heavy atom. The Kier molecular flexibility index (Phi) is 9.60. The van der Waals surface area contributed by atoms with E-state index >= 15 is 0 Å². The second-order valence-corrected chi connectivity index (χ2v) is 4.67. The molecule has 0 saturated heterocycles. The lowest BCUT2D eigenvalue weighted by Gasteiger charge is -2.06. The summed E-state index contributed by atoms with van der Waals surface area (Å²) in [5.74, 6) is -0.871. The third-order valence-electron chi connectivity index (χ3n) is 2.91. The summed E-state index contributed by atoms with van der Waals surface area (Å²) in [6.45, 7) is 12.0. The zero-order valence-electron chi connectivity index (χ0n) is 14.6. The van der Waals surface area contributed by atoms with Crippen molar-refractivity contribution in [3.63, 3.8) is 0 Å². The molecule has 0 aliphatic carbocycles. The van der Waals surface area contributed by atoms with Gasteiger partial charge >= 0.3 is 5.97 Å². The molecule has 0 amide bonds. The number of aryl methyl sites for hydroxylation is 2. The standard InChI is InChI=1S/C16H16O2.2C2H6/c1-11-3-5-13(6-4-11)9-14-7-12(2)8-15(10-14)16(17)18;2*1-2/h3-8,10H,9H2,1-2H3,(H,17,18);2*1-2H3. The molecule has 0 bridgehead atoms. The van der Waals surface area contributed by atoms with Crippen LogP contribution in [-0.4, -0.2) is 11.1 Å². The molecule has 0 fully saturated rings. The summed E-state index contributed by atoms with van der Waals surface area (Å²) in [7, 11) is 0. The van der Waals surface area contributed by atoms with Gasteiger partial charge in [-0.1, -0.05) is 63.6 Å². The van der Waals surface area contributed by atoms with Gasteiger partial charge in [0.25, 0.3) is 0 Å². The van der Waals surface area contributed by atoms with Crippen LogP contribution in [0.3, 0.4) is 0 Å². The normalized spacial score (nSPS) is 9.00. The lowest BCUT2D eigenvalue weighted by molar-refractivity contribution is 0.0696. The van der Waals surface area contributed by atoms with Gasteiger partial charge in [-0.15, -0.1) is 0 Å². The molecule has 2 rings (SSSR count). The largest absolute Gasteiger partial charge is 0.478 e. The molecular weight excluding hydrogens is 272 g/mol. The number of carboxylic acids is 1. The zero-order chi connectivity index (χ0) is 17.1. The predicted octanol–water partition coefficient (Wildman–Crippen LogP) is 5.64. The first-order valence-corrected chi connectivity index (χ1v) is 7.94. The molecule has 0 unspecified atom stereocenters. The van der Waals surface area contributed by atoms with Crippen LogP contribution in [0.25, 0.3) is 0 Å². The van der Waals surface area contributed by atoms with Crippen molar-refractivity contribution < 1.29 is 9.90 Å². The Balaban J connectivity index is 0.00000102. The van der Waals surface area contributed by atoms with Gasteiger partial charge in [0.15, 0.2) is 0 Å². The van der Waals surface area contributed by atoms with Crippen LogP contribution >= 0.6 is 0 Å². The molecule has 2 heteroatoms. The minimum atomic E-state index is -0.871. The van der Waals surface area contributed by atoms with Gasteiger partial charge < -0.3 is 5.11 Å². The summed E-state index contributed by atoms with van der Waals surface area (Å²) in [6, 6.07) is 13.8. The number of carbonyl (C=O) groups is 1. The number of rotatable bonds is 3. The Labute approximate surface area is 134 Å². The smallest absolute Gasteiger partial charge is 0.335 e. The lowest BCUT2D eigenvalue weighted by atomic mass is 10.00. The van der Waals surface area contributed by atoms with Gasteiger partial charge in [0.2, 0.25) is 0 Å². The SMILES string of the molecule is CC.CC.Cc1ccc(Cc2cc(C)cc(C(=O)O)c2)cc1. The van der Waals surface area contributed by atoms with E-state index in [9.17, 15) is 4.79 Å². The van der Waals surface area contributed by atoms with E-state index in [0.717, 1.165) is 17.5 Å². The van der Waals surface area contributed by atoms with Crippen molar-refractivity contribution in [2.24, 2.45) is 0 Å². The molecule has 0 aliphatic heterocycles. The van der Waals surface area contributed by atoms with Gasteiger partial charge in [-0.2, -0.15) is 0 Å². The first kappa shape index (κ1) is 19.9. The number of aromatic carboxylic acids is 1. The molecule has 0 heterocycles. The lowest BCUT2D eigenvalue weighted by Crippen LogP contribution is -1.99. The van der Waals surface area contributed by atoms with Crippen molar-refractivity contribution in [1.29, 1.82) is 0 Å². The third kappa shape index (κ3) is 6.57. The first-order valence-electron chi connectivity index (χ1n) is 7.94. The van der Waals surface area contributed by atoms with E-state index in [0.29, 0.717) is 5.56 Å². The van der Waals surface area contributed by atoms with E-state index in [2.05, 4.69) is 31.2 Å². The highest BCUT2D eigenvalue weighted by Gasteiger charge is 2.05. The number of hydrogen-bond donors (Lipinski definition) is 1. The fraction of sp³-hybridized carbons (Fsp3) is 0.350. The second-order valence-electron chi connectivity index (χ2n) is 4.67. The molecule has 0 aliphatic rings. The summed E-state index contributed by atoms with van der Waals surface area (Å²) >= 11 is 0. The fourth-order valence-electron chi connectivity index (χ4n) is 2.03. The highest BCUT2D eigenvalue weighted by atomic mass is 16.4. The van der Waals surface area contributed by atoms with Gasteiger partial charge in [0.05, 0.1) is 5.56 Å². The van der Waals surface area contributed by atoms with Crippen LogP contribution in [0.15, 0.2) is 42.5 Å². The molecule has 120 valence electrons. The van der Waals surface area contributed by atoms with Crippen LogP contribution in [0.4, 0.5) is 0 Å². The van der Waals surface area contributed by atoms with Gasteiger partial charge in [-0.05, 0) is 49.1 Å². The summed E-state index contributed by atoms with van der Waals surface area (Å²) in [5, 5.41) is 9.04. The van der Waals surface area contributed by atoms with Crippen molar-refractivity contribution in [2.75, 3.05) is 0 Å². The van der Waals surface area contributed by atoms with E-state index in [1.165, 1.54) is 11.1 Å². The van der Waals surface area contributed by atoms with Crippen LogP contribution in [-0.2, 0) is 6.42 Å². The van der Waals surface area contributed by atoms with Crippen molar-refractivity contribution in [1.82, 2.24) is 0 Å². The van der Waals surface area contributed by atoms with Crippen molar-refractivity contribution in [3.05, 3.63) is 70.3 Å². The van der Waals surface area contributed by atoms with E-state index in [1.807, 2.05) is 40.7 Å². The van der Waals surface area contributed by atoms with Crippen LogP contribution in [0.5, 0.6) is 0 Å². The third-order valence-corrected chi connectivity index (χ3v) is 2.91. The van der Waals surface area contributed by atoms with Crippen molar-refractivity contribution in [3.8, 4) is 0 Å². The molecule has 0 radical (unpaired) electrons. The average molecular weight is 300 g/mol. The molecule has 2 aromatic carbocycles. The molecule has 0 saturated carbocycles. The average Bonchev–Trinajstić information content (AvgIpc) is 2.53. The fourth-order valence-corrected chi connectivity index (χ4v) is 2.03. The summed E-state index contributed by atoms with van der Waals surface area (Å²) in [6.07, 6.45) is 0.766. The minimum absolute atomic E-state index is 0.358. The molecule has 0 spiro atoms. The van der Waals surface area contributed by atoms with Crippen LogP contribution in [0.1, 0.15) is 60.3 Å². The monoisotopic (exact) mass is 300 g/mol. The summed E-state index contributed by atoms with van der Waals surface area (Å²) in [5.41, 5.74) is 4.81. The Bertz CT molecular complexity index is 569. The van der Waals surface area contributed by atoms with E-state index in [4.69, 9.17) is 5.11 Å². The molecule has 0 aromatic heterocycles. The predicted molar refractivity (Wildman–Crippen MR) is 94.8 cm³/mol. The second kappa shape index (κ2) is 10.6. The number of benzene rings is 2. The topological polar surface area (TPSA) is 37.3 Å². The Hall–Kier alpha value is -2.09. The van der Waals surface area contributed by atoms with Crippen LogP contribution in [0, 0.1) is 13.8 Å². The molecular formula is C20H28O2. The molecule has 0 atom stereocenters. The quantitative estimate of drug-likeness (QED) is 0.795. The maximum atomic E-state index is 11.0. The summed E-state index contributed by atoms with van der Waals surface area (Å²) < 4.78 is 0. The molecule has 1 N–H and O–H groups in total. The van der Waals surface area contributed by atoms with E-state index in [1.54, 1.807) is 12.1 Å². The highest BCUT2D eigenvalue weighted by Crippen LogP contribution is 2.15. The molecule has 2 aromatic rings. The number of hydrogen-bond acceptors (Lipinski definition) is 1. The number of carboxylic acid groups (broad SMARTS) is 1. The van der Waals surface area contributed by atoms with Crippen molar-refractivity contribution in [2.45, 2.75) is 48.0 Å². The first-order chi connectivity index (χ1) is 10.5. The van der Waals surface area contributed by atoms with Crippen LogP contribution < -0.4 is 0 Å².